The van der Waals surface area contributed by atoms with Crippen LogP contribution < -0.4 is 0 Å². The standard InChI is InChI=1S/C18H15S.C8H10F4O4S/c1-4-10-16(11-5-1)19(17-12-6-2-7-13-17)18-14-8-3-9-15-18;1-5(2)6(13)16-4-3-7(9,10)8(11,12)17(14)15/h1-15H;1,3-4H2,2H3,(H,14,15)/q+1;/p-1. The van der Waals surface area contributed by atoms with Gasteiger partial charge in [0, 0.05) is 16.7 Å². The van der Waals surface area contributed by atoms with Crippen molar-refractivity contribution in [2.75, 3.05) is 6.61 Å². The first-order valence-electron chi connectivity index (χ1n) is 10.5. The molecule has 0 fully saturated rings. The summed E-state index contributed by atoms with van der Waals surface area (Å²) in [5, 5.41) is -5.21. The molecule has 0 bridgehead atoms. The van der Waals surface area contributed by atoms with Crippen molar-refractivity contribution in [3.63, 3.8) is 0 Å². The maximum absolute atomic E-state index is 12.7. The number of hydrogen-bond acceptors (Lipinski definition) is 4. The largest absolute Gasteiger partial charge is 0.768 e. The summed E-state index contributed by atoms with van der Waals surface area (Å²) < 4.78 is 74.5. The molecule has 4 nitrogen and oxygen atoms in total. The van der Waals surface area contributed by atoms with Gasteiger partial charge in [-0.2, -0.15) is 17.6 Å². The quantitative estimate of drug-likeness (QED) is 0.104. The zero-order chi connectivity index (χ0) is 26.8. The summed E-state index contributed by atoms with van der Waals surface area (Å²) in [4.78, 5) is 14.8. The molecule has 0 aliphatic heterocycles. The molecule has 0 spiro atoms. The molecule has 3 aromatic rings. The van der Waals surface area contributed by atoms with E-state index in [4.69, 9.17) is 0 Å². The van der Waals surface area contributed by atoms with E-state index in [-0.39, 0.29) is 16.5 Å². The smallest absolute Gasteiger partial charge is 0.371 e. The lowest BCUT2D eigenvalue weighted by Crippen LogP contribution is -2.44. The minimum atomic E-state index is -5.21. The zero-order valence-electron chi connectivity index (χ0n) is 19.2. The third-order valence-electron chi connectivity index (χ3n) is 4.57. The molecule has 0 saturated heterocycles. The van der Waals surface area contributed by atoms with Crippen LogP contribution in [0.3, 0.4) is 0 Å². The van der Waals surface area contributed by atoms with Crippen LogP contribution in [0.1, 0.15) is 13.3 Å². The number of benzene rings is 3. The van der Waals surface area contributed by atoms with Gasteiger partial charge in [-0.1, -0.05) is 61.2 Å². The average Bonchev–Trinajstić information content (AvgIpc) is 2.86. The number of carbonyl (C=O) groups excluding carboxylic acids is 1. The van der Waals surface area contributed by atoms with E-state index in [2.05, 4.69) is 102 Å². The molecule has 0 N–H and O–H groups in total. The second-order valence-electron chi connectivity index (χ2n) is 7.37. The van der Waals surface area contributed by atoms with E-state index in [1.165, 1.54) is 21.6 Å². The maximum atomic E-state index is 12.7. The van der Waals surface area contributed by atoms with Crippen LogP contribution in [0.15, 0.2) is 118 Å². The third kappa shape index (κ3) is 8.04. The van der Waals surface area contributed by atoms with Crippen LogP contribution in [0, 0.1) is 0 Å². The summed E-state index contributed by atoms with van der Waals surface area (Å²) in [5.41, 5.74) is -0.0903. The summed E-state index contributed by atoms with van der Waals surface area (Å²) in [7, 11) is -0.0146. The second-order valence-corrected chi connectivity index (χ2v) is 10.4. The summed E-state index contributed by atoms with van der Waals surface area (Å²) in [6, 6.07) is 32.2. The van der Waals surface area contributed by atoms with Gasteiger partial charge in [-0.05, 0) is 43.3 Å². The zero-order valence-corrected chi connectivity index (χ0v) is 20.9. The maximum Gasteiger partial charge on any atom is 0.371 e. The Kier molecular flexibility index (Phi) is 10.9. The molecule has 36 heavy (non-hydrogen) atoms. The predicted molar refractivity (Wildman–Crippen MR) is 131 cm³/mol. The van der Waals surface area contributed by atoms with Gasteiger partial charge in [0.05, 0.1) is 23.9 Å². The molecule has 1 unspecified atom stereocenters. The molecule has 3 rings (SSSR count). The molecular formula is C26H24F4O4S2. The van der Waals surface area contributed by atoms with Crippen LogP contribution in [0.4, 0.5) is 17.6 Å². The lowest BCUT2D eigenvalue weighted by Gasteiger charge is -2.27. The van der Waals surface area contributed by atoms with Gasteiger partial charge in [-0.3, -0.25) is 4.21 Å². The summed E-state index contributed by atoms with van der Waals surface area (Å²) in [5.74, 6) is -5.83. The summed E-state index contributed by atoms with van der Waals surface area (Å²) >= 11 is -4.26. The van der Waals surface area contributed by atoms with Crippen molar-refractivity contribution in [3.8, 4) is 0 Å². The molecule has 192 valence electrons. The summed E-state index contributed by atoms with van der Waals surface area (Å²) in [6.45, 7) is 3.34. The highest BCUT2D eigenvalue weighted by Gasteiger charge is 2.57. The normalized spacial score (nSPS) is 12.3. The number of alkyl halides is 4. The van der Waals surface area contributed by atoms with Crippen molar-refractivity contribution in [2.24, 2.45) is 0 Å². The van der Waals surface area contributed by atoms with Gasteiger partial charge >= 0.3 is 17.1 Å². The first-order chi connectivity index (χ1) is 17.0. The predicted octanol–water partition coefficient (Wildman–Crippen LogP) is 6.39. The minimum absolute atomic E-state index is 0.0146. The van der Waals surface area contributed by atoms with E-state index in [1.807, 2.05) is 0 Å². The Hall–Kier alpha value is -2.95. The first kappa shape index (κ1) is 29.3. The third-order valence-corrected chi connectivity index (χ3v) is 7.52. The number of halogens is 4. The lowest BCUT2D eigenvalue weighted by molar-refractivity contribution is -0.171. The van der Waals surface area contributed by atoms with Gasteiger partial charge in [0.25, 0.3) is 0 Å². The average molecular weight is 541 g/mol. The van der Waals surface area contributed by atoms with Gasteiger partial charge in [-0.25, -0.2) is 4.79 Å². The van der Waals surface area contributed by atoms with Gasteiger partial charge in [0.15, 0.2) is 14.7 Å². The van der Waals surface area contributed by atoms with Gasteiger partial charge in [0.2, 0.25) is 0 Å². The lowest BCUT2D eigenvalue weighted by atomic mass is 10.2. The van der Waals surface area contributed by atoms with Crippen LogP contribution in [-0.4, -0.2) is 32.5 Å². The molecule has 3 aromatic carbocycles. The Labute approximate surface area is 212 Å². The Morgan fingerprint density at radius 2 is 1.22 bits per heavy atom. The molecule has 1 atom stereocenters. The van der Waals surface area contributed by atoms with E-state index in [9.17, 15) is 31.1 Å². The highest BCUT2D eigenvalue weighted by atomic mass is 32.2. The molecule has 0 aliphatic carbocycles. The Balaban J connectivity index is 0.000000256. The van der Waals surface area contributed by atoms with Crippen LogP contribution >= 0.6 is 0 Å². The van der Waals surface area contributed by atoms with E-state index >= 15 is 0 Å². The van der Waals surface area contributed by atoms with E-state index in [0.717, 1.165) is 0 Å². The topological polar surface area (TPSA) is 66.4 Å². The molecular weight excluding hydrogens is 516 g/mol. The Bertz CT molecular complexity index is 1050. The highest BCUT2D eigenvalue weighted by molar-refractivity contribution is 7.97. The highest BCUT2D eigenvalue weighted by Crippen LogP contribution is 2.39. The molecule has 0 amide bonds. The van der Waals surface area contributed by atoms with Gasteiger partial charge in [-0.15, -0.1) is 0 Å². The number of ether oxygens (including phenoxy) is 1. The van der Waals surface area contributed by atoms with Crippen LogP contribution in [0.5, 0.6) is 0 Å². The van der Waals surface area contributed by atoms with Crippen molar-refractivity contribution in [1.82, 2.24) is 0 Å². The fourth-order valence-electron chi connectivity index (χ4n) is 2.74. The van der Waals surface area contributed by atoms with Crippen LogP contribution in [-0.2, 0) is 31.5 Å². The Morgan fingerprint density at radius 3 is 1.53 bits per heavy atom. The van der Waals surface area contributed by atoms with E-state index in [1.54, 1.807) is 0 Å². The fraction of sp³-hybridized carbons (Fsp3) is 0.192. The molecule has 0 heterocycles. The van der Waals surface area contributed by atoms with Crippen molar-refractivity contribution in [3.05, 3.63) is 103 Å². The molecule has 0 aliphatic rings. The van der Waals surface area contributed by atoms with E-state index < -0.39 is 41.3 Å². The fourth-order valence-corrected chi connectivity index (χ4v) is 5.19. The van der Waals surface area contributed by atoms with Gasteiger partial charge in [0.1, 0.15) is 0 Å². The molecule has 0 saturated carbocycles. The second kappa shape index (κ2) is 13.4. The van der Waals surface area contributed by atoms with Crippen molar-refractivity contribution in [1.29, 1.82) is 0 Å². The molecule has 0 radical (unpaired) electrons. The molecule has 10 heteroatoms. The van der Waals surface area contributed by atoms with Crippen molar-refractivity contribution in [2.45, 2.75) is 39.2 Å². The minimum Gasteiger partial charge on any atom is -0.768 e. The number of hydrogen-bond donors (Lipinski definition) is 0. The van der Waals surface area contributed by atoms with Crippen LogP contribution in [0.2, 0.25) is 0 Å². The monoisotopic (exact) mass is 540 g/mol. The number of carbonyl (C=O) groups is 1. The molecule has 0 aromatic heterocycles. The summed E-state index contributed by atoms with van der Waals surface area (Å²) in [6.07, 6.45) is -1.60. The van der Waals surface area contributed by atoms with Crippen LogP contribution in [0.25, 0.3) is 0 Å². The number of rotatable bonds is 9. The van der Waals surface area contributed by atoms with Crippen molar-refractivity contribution >= 4 is 27.9 Å². The Morgan fingerprint density at radius 1 is 0.861 bits per heavy atom. The van der Waals surface area contributed by atoms with E-state index in [0.29, 0.717) is 0 Å². The van der Waals surface area contributed by atoms with Gasteiger partial charge < -0.3 is 9.29 Å². The SMILES string of the molecule is C=C(C)C(=O)OCCC(F)(F)C(F)(F)S(=O)[O-].c1ccc([S+](c2ccccc2)c2ccccc2)cc1. The van der Waals surface area contributed by atoms with Crippen molar-refractivity contribution < 1.29 is 35.9 Å². The first-order valence-corrected chi connectivity index (χ1v) is 12.8. The number of esters is 1.